The first kappa shape index (κ1) is 8.02. The lowest BCUT2D eigenvalue weighted by Gasteiger charge is -1.90. The van der Waals surface area contributed by atoms with E-state index >= 15 is 0 Å². The maximum atomic E-state index is 8.37. The van der Waals surface area contributed by atoms with Crippen LogP contribution in [0, 0.1) is 18.3 Å². The predicted molar refractivity (Wildman–Crippen MR) is 42.7 cm³/mol. The number of nitriles is 1. The highest BCUT2D eigenvalue weighted by molar-refractivity contribution is 7.11. The average Bonchev–Trinajstić information content (AvgIpc) is 2.32. The molecule has 0 radical (unpaired) electrons. The van der Waals surface area contributed by atoms with Gasteiger partial charge in [-0.3, -0.25) is 0 Å². The Kier molecular flexibility index (Phi) is 2.44. The quantitative estimate of drug-likeness (QED) is 0.672. The van der Waals surface area contributed by atoms with Crippen LogP contribution >= 0.6 is 11.3 Å². The molecule has 0 aliphatic carbocycles. The molecule has 0 atom stereocenters. The molecule has 0 saturated heterocycles. The average molecular weight is 168 g/mol. The molecule has 11 heavy (non-hydrogen) atoms. The molecular weight excluding hydrogens is 160 g/mol. The van der Waals surface area contributed by atoms with Crippen molar-refractivity contribution in [2.24, 2.45) is 0 Å². The van der Waals surface area contributed by atoms with Crippen molar-refractivity contribution < 1.29 is 4.74 Å². The molecule has 0 aliphatic heterocycles. The van der Waals surface area contributed by atoms with Gasteiger partial charge in [-0.15, -0.1) is 11.3 Å². The summed E-state index contributed by atoms with van der Waals surface area (Å²) in [5.74, 6) is 0.639. The summed E-state index contributed by atoms with van der Waals surface area (Å²) in [6.07, 6.45) is 0.370. The number of rotatable bonds is 2. The van der Waals surface area contributed by atoms with E-state index in [1.54, 1.807) is 7.11 Å². The lowest BCUT2D eigenvalue weighted by molar-refractivity contribution is 0.397. The van der Waals surface area contributed by atoms with Crippen LogP contribution in [0.3, 0.4) is 0 Å². The van der Waals surface area contributed by atoms with Crippen molar-refractivity contribution in [1.29, 1.82) is 5.26 Å². The summed E-state index contributed by atoms with van der Waals surface area (Å²) in [4.78, 5) is 5.12. The minimum Gasteiger partial charge on any atom is -0.480 e. The van der Waals surface area contributed by atoms with E-state index in [2.05, 4.69) is 4.98 Å². The Bertz CT molecular complexity index is 287. The predicted octanol–water partition coefficient (Wildman–Crippen LogP) is 1.53. The SMILES string of the molecule is COc1nc(CC#N)sc1C. The second-order valence-corrected chi connectivity index (χ2v) is 3.30. The summed E-state index contributed by atoms with van der Waals surface area (Å²) in [6.45, 7) is 1.93. The lowest BCUT2D eigenvalue weighted by atomic mass is 10.5. The highest BCUT2D eigenvalue weighted by atomic mass is 32.1. The van der Waals surface area contributed by atoms with Crippen molar-refractivity contribution in [2.75, 3.05) is 7.11 Å². The smallest absolute Gasteiger partial charge is 0.227 e. The monoisotopic (exact) mass is 168 g/mol. The molecule has 0 N–H and O–H groups in total. The first-order chi connectivity index (χ1) is 5.27. The third-order valence-electron chi connectivity index (χ3n) is 1.22. The molecule has 4 heteroatoms. The van der Waals surface area contributed by atoms with Gasteiger partial charge in [-0.05, 0) is 6.92 Å². The van der Waals surface area contributed by atoms with E-state index in [-0.39, 0.29) is 0 Å². The Morgan fingerprint density at radius 2 is 2.45 bits per heavy atom. The zero-order valence-corrected chi connectivity index (χ0v) is 7.23. The molecular formula is C7H8N2OS. The highest BCUT2D eigenvalue weighted by Crippen LogP contribution is 2.23. The van der Waals surface area contributed by atoms with E-state index in [1.807, 2.05) is 13.0 Å². The fraction of sp³-hybridized carbons (Fsp3) is 0.429. The topological polar surface area (TPSA) is 45.9 Å². The minimum absolute atomic E-state index is 0.370. The van der Waals surface area contributed by atoms with Crippen LogP contribution in [0.5, 0.6) is 5.88 Å². The molecule has 0 aromatic carbocycles. The number of ether oxygens (including phenoxy) is 1. The Balaban J connectivity index is 2.88. The van der Waals surface area contributed by atoms with Crippen LogP contribution in [0.15, 0.2) is 0 Å². The first-order valence-electron chi connectivity index (χ1n) is 3.15. The fourth-order valence-electron chi connectivity index (χ4n) is 0.768. The number of hydrogen-bond acceptors (Lipinski definition) is 4. The Hall–Kier alpha value is -1.08. The normalized spacial score (nSPS) is 9.18. The summed E-state index contributed by atoms with van der Waals surface area (Å²) in [5, 5.41) is 9.19. The molecule has 1 aromatic rings. The summed E-state index contributed by atoms with van der Waals surface area (Å²) >= 11 is 1.50. The van der Waals surface area contributed by atoms with Crippen LogP contribution < -0.4 is 4.74 Å². The van der Waals surface area contributed by atoms with Crippen LogP contribution in [0.1, 0.15) is 9.88 Å². The van der Waals surface area contributed by atoms with Gasteiger partial charge >= 0.3 is 0 Å². The number of thiazole rings is 1. The van der Waals surface area contributed by atoms with Crippen molar-refractivity contribution >= 4 is 11.3 Å². The third-order valence-corrected chi connectivity index (χ3v) is 2.17. The standard InChI is InChI=1S/C7H8N2OS/c1-5-7(10-2)9-6(11-5)3-4-8/h3H2,1-2H3. The van der Waals surface area contributed by atoms with Gasteiger partial charge in [-0.25, -0.2) is 4.98 Å². The first-order valence-corrected chi connectivity index (χ1v) is 3.97. The summed E-state index contributed by atoms with van der Waals surface area (Å²) in [7, 11) is 1.58. The Morgan fingerprint density at radius 3 is 2.91 bits per heavy atom. The van der Waals surface area contributed by atoms with Gasteiger partial charge in [0.15, 0.2) is 0 Å². The molecule has 0 saturated carbocycles. The van der Waals surface area contributed by atoms with Gasteiger partial charge in [0, 0.05) is 0 Å². The summed E-state index contributed by atoms with van der Waals surface area (Å²) in [5.41, 5.74) is 0. The van der Waals surface area contributed by atoms with E-state index in [0.29, 0.717) is 12.3 Å². The second-order valence-electron chi connectivity index (χ2n) is 2.01. The van der Waals surface area contributed by atoms with Gasteiger partial charge in [0.2, 0.25) is 5.88 Å². The van der Waals surface area contributed by atoms with E-state index in [1.165, 1.54) is 11.3 Å². The lowest BCUT2D eigenvalue weighted by Crippen LogP contribution is -1.85. The van der Waals surface area contributed by atoms with Crippen LogP contribution in [0.25, 0.3) is 0 Å². The Labute approximate surface area is 69.3 Å². The molecule has 0 fully saturated rings. The van der Waals surface area contributed by atoms with E-state index in [9.17, 15) is 0 Å². The maximum Gasteiger partial charge on any atom is 0.227 e. The van der Waals surface area contributed by atoms with Crippen molar-refractivity contribution in [3.05, 3.63) is 9.88 Å². The zero-order valence-electron chi connectivity index (χ0n) is 6.42. The highest BCUT2D eigenvalue weighted by Gasteiger charge is 2.05. The Morgan fingerprint density at radius 1 is 1.73 bits per heavy atom. The van der Waals surface area contributed by atoms with Gasteiger partial charge in [0.1, 0.15) is 5.01 Å². The summed E-state index contributed by atoms with van der Waals surface area (Å²) < 4.78 is 4.96. The molecule has 0 amide bonds. The number of nitrogens with zero attached hydrogens (tertiary/aromatic N) is 2. The zero-order chi connectivity index (χ0) is 8.27. The van der Waals surface area contributed by atoms with Crippen molar-refractivity contribution in [1.82, 2.24) is 4.98 Å². The van der Waals surface area contributed by atoms with Gasteiger partial charge in [0.25, 0.3) is 0 Å². The molecule has 1 rings (SSSR count). The molecule has 0 spiro atoms. The third kappa shape index (κ3) is 1.69. The number of aromatic nitrogens is 1. The molecule has 1 heterocycles. The number of hydrogen-bond donors (Lipinski definition) is 0. The van der Waals surface area contributed by atoms with Crippen LogP contribution in [0.2, 0.25) is 0 Å². The van der Waals surface area contributed by atoms with Crippen LogP contribution in [0.4, 0.5) is 0 Å². The number of methoxy groups -OCH3 is 1. The van der Waals surface area contributed by atoms with Gasteiger partial charge in [-0.2, -0.15) is 5.26 Å². The summed E-state index contributed by atoms with van der Waals surface area (Å²) in [6, 6.07) is 2.04. The van der Waals surface area contributed by atoms with Crippen molar-refractivity contribution in [3.63, 3.8) is 0 Å². The molecule has 0 bridgehead atoms. The maximum absolute atomic E-state index is 8.37. The fourth-order valence-corrected chi connectivity index (χ4v) is 1.60. The second kappa shape index (κ2) is 3.35. The molecule has 58 valence electrons. The molecule has 1 aromatic heterocycles. The van der Waals surface area contributed by atoms with Crippen LogP contribution in [-0.4, -0.2) is 12.1 Å². The minimum atomic E-state index is 0.370. The van der Waals surface area contributed by atoms with E-state index < -0.39 is 0 Å². The van der Waals surface area contributed by atoms with Gasteiger partial charge < -0.3 is 4.74 Å². The molecule has 0 unspecified atom stereocenters. The largest absolute Gasteiger partial charge is 0.480 e. The van der Waals surface area contributed by atoms with Crippen molar-refractivity contribution in [2.45, 2.75) is 13.3 Å². The van der Waals surface area contributed by atoms with Crippen molar-refractivity contribution in [3.8, 4) is 11.9 Å². The van der Waals surface area contributed by atoms with E-state index in [0.717, 1.165) is 9.88 Å². The molecule has 0 aliphatic rings. The van der Waals surface area contributed by atoms with E-state index in [4.69, 9.17) is 10.00 Å². The van der Waals surface area contributed by atoms with Gasteiger partial charge in [0.05, 0.1) is 24.5 Å². The number of aryl methyl sites for hydroxylation is 1. The molecule has 3 nitrogen and oxygen atoms in total. The van der Waals surface area contributed by atoms with Gasteiger partial charge in [-0.1, -0.05) is 0 Å². The van der Waals surface area contributed by atoms with Crippen LogP contribution in [-0.2, 0) is 6.42 Å².